The van der Waals surface area contributed by atoms with Crippen molar-refractivity contribution >= 4 is 18.0 Å². The Hall–Kier alpha value is -1.87. The summed E-state index contributed by atoms with van der Waals surface area (Å²) in [6, 6.07) is 0. The summed E-state index contributed by atoms with van der Waals surface area (Å²) in [7, 11) is 1.69. The number of methoxy groups -OCH3 is 1. The normalized spacial score (nSPS) is 13.2. The molecule has 0 rings (SSSR count). The molecule has 0 saturated heterocycles. The quantitative estimate of drug-likeness (QED) is 0.0431. The molecule has 0 spiro atoms. The lowest BCUT2D eigenvalue weighted by atomic mass is 9.78. The molecule has 0 aromatic rings. The lowest BCUT2D eigenvalue weighted by Gasteiger charge is -2.33. The number of carbonyl (C=O) groups excluding carboxylic acids is 2. The van der Waals surface area contributed by atoms with E-state index in [0.717, 1.165) is 44.4 Å². The molecule has 0 bridgehead atoms. The van der Waals surface area contributed by atoms with Crippen molar-refractivity contribution in [2.24, 2.45) is 11.8 Å². The first-order valence-electron chi connectivity index (χ1n) is 20.9. The number of hydrogen-bond acceptors (Lipinski definition) is 7. The number of carbonyl (C=O) groups is 3. The van der Waals surface area contributed by atoms with Crippen LogP contribution < -0.4 is 10.6 Å². The van der Waals surface area contributed by atoms with E-state index in [0.29, 0.717) is 31.9 Å². The number of hydrogen-bond donors (Lipinski definition) is 3. The number of ether oxygens (including phenoxy) is 3. The smallest absolute Gasteiger partial charge is 0.407 e. The summed E-state index contributed by atoms with van der Waals surface area (Å²) in [5.41, 5.74) is -0.597. The standard InChI is InChI=1S/C42H82N2O7/c1-8-10-12-14-15-19-26-37(36(25-18-13-11-9-2)27-20-16-17-21-29-38(45)46)28-22-23-30-39(47)50-32-24-33-51-40(48)44-42(5,6)35-43-41(3,4)31-34-49-7/h36-37,43H,8-35H2,1-7H3,(H,44,48)(H,45,46). The molecule has 0 aromatic heterocycles. The molecule has 9 heteroatoms. The zero-order valence-electron chi connectivity index (χ0n) is 34.4. The molecule has 0 aliphatic heterocycles. The highest BCUT2D eigenvalue weighted by molar-refractivity contribution is 5.69. The Morgan fingerprint density at radius 2 is 1.06 bits per heavy atom. The monoisotopic (exact) mass is 727 g/mol. The molecule has 51 heavy (non-hydrogen) atoms. The van der Waals surface area contributed by atoms with Crippen molar-refractivity contribution in [3.8, 4) is 0 Å². The first-order chi connectivity index (χ1) is 24.4. The fraction of sp³-hybridized carbons (Fsp3) is 0.929. The van der Waals surface area contributed by atoms with Crippen LogP contribution in [0.15, 0.2) is 0 Å². The van der Waals surface area contributed by atoms with Crippen LogP contribution in [-0.4, -0.2) is 67.7 Å². The van der Waals surface area contributed by atoms with Crippen molar-refractivity contribution in [2.45, 2.75) is 207 Å². The molecule has 0 heterocycles. The van der Waals surface area contributed by atoms with Crippen molar-refractivity contribution in [2.75, 3.05) is 33.5 Å². The fourth-order valence-corrected chi connectivity index (χ4v) is 6.71. The highest BCUT2D eigenvalue weighted by Crippen LogP contribution is 2.33. The number of rotatable bonds is 36. The van der Waals surface area contributed by atoms with E-state index in [1.54, 1.807) is 7.11 Å². The van der Waals surface area contributed by atoms with Crippen LogP contribution in [0.5, 0.6) is 0 Å². The molecule has 0 aromatic carbocycles. The average molecular weight is 727 g/mol. The van der Waals surface area contributed by atoms with E-state index in [-0.39, 0.29) is 31.1 Å². The summed E-state index contributed by atoms with van der Waals surface area (Å²) in [5, 5.41) is 15.4. The summed E-state index contributed by atoms with van der Waals surface area (Å²) in [6.07, 6.45) is 25.5. The number of unbranched alkanes of at least 4 members (excludes halogenated alkanes) is 12. The Kier molecular flexibility index (Phi) is 30.5. The summed E-state index contributed by atoms with van der Waals surface area (Å²) < 4.78 is 16.0. The van der Waals surface area contributed by atoms with Crippen LogP contribution in [0.1, 0.15) is 196 Å². The van der Waals surface area contributed by atoms with Crippen molar-refractivity contribution in [3.05, 3.63) is 0 Å². The fourth-order valence-electron chi connectivity index (χ4n) is 6.71. The summed E-state index contributed by atoms with van der Waals surface area (Å²) in [5.74, 6) is 0.547. The predicted molar refractivity (Wildman–Crippen MR) is 210 cm³/mol. The Morgan fingerprint density at radius 1 is 0.588 bits per heavy atom. The van der Waals surface area contributed by atoms with Gasteiger partial charge in [-0.05, 0) is 58.8 Å². The molecule has 2 atom stereocenters. The maximum absolute atomic E-state index is 12.5. The molecule has 0 radical (unpaired) electrons. The van der Waals surface area contributed by atoms with Gasteiger partial charge >= 0.3 is 18.0 Å². The summed E-state index contributed by atoms with van der Waals surface area (Å²) in [4.78, 5) is 35.8. The van der Waals surface area contributed by atoms with Gasteiger partial charge in [0.2, 0.25) is 0 Å². The molecule has 0 aliphatic carbocycles. The first-order valence-corrected chi connectivity index (χ1v) is 20.9. The molecule has 0 saturated carbocycles. The Bertz CT molecular complexity index is 864. The number of amides is 1. The van der Waals surface area contributed by atoms with Crippen molar-refractivity contribution < 1.29 is 33.7 Å². The second-order valence-electron chi connectivity index (χ2n) is 16.2. The van der Waals surface area contributed by atoms with Gasteiger partial charge < -0.3 is 30.0 Å². The Labute approximate surface area is 313 Å². The van der Waals surface area contributed by atoms with Crippen molar-refractivity contribution in [1.29, 1.82) is 0 Å². The first kappa shape index (κ1) is 49.1. The highest BCUT2D eigenvalue weighted by atomic mass is 16.6. The molecule has 0 fully saturated rings. The molecular weight excluding hydrogens is 644 g/mol. The zero-order valence-corrected chi connectivity index (χ0v) is 34.4. The van der Waals surface area contributed by atoms with Crippen molar-refractivity contribution in [3.63, 3.8) is 0 Å². The van der Waals surface area contributed by atoms with Gasteiger partial charge in [0.05, 0.1) is 18.8 Å². The van der Waals surface area contributed by atoms with E-state index in [1.807, 2.05) is 13.8 Å². The minimum absolute atomic E-state index is 0.110. The van der Waals surface area contributed by atoms with Gasteiger partial charge in [-0.2, -0.15) is 0 Å². The Balaban J connectivity index is 4.67. The maximum atomic E-state index is 12.5. The SMILES string of the molecule is CCCCCCCCC(CCCCC(=O)OCCCOC(=O)NC(C)(C)CNC(C)(C)CCOC)C(CCCCCC)CCCCCCC(=O)O. The summed E-state index contributed by atoms with van der Waals surface area (Å²) >= 11 is 0. The van der Waals surface area contributed by atoms with Gasteiger partial charge in [0.1, 0.15) is 0 Å². The number of nitrogens with one attached hydrogen (secondary N) is 2. The third-order valence-electron chi connectivity index (χ3n) is 10.1. The molecular formula is C42H82N2O7. The largest absolute Gasteiger partial charge is 0.481 e. The van der Waals surface area contributed by atoms with Gasteiger partial charge in [0.25, 0.3) is 0 Å². The van der Waals surface area contributed by atoms with E-state index in [2.05, 4.69) is 38.3 Å². The number of esters is 1. The number of aliphatic carboxylic acids is 1. The van der Waals surface area contributed by atoms with E-state index in [4.69, 9.17) is 19.3 Å². The van der Waals surface area contributed by atoms with Crippen LogP contribution in [0, 0.1) is 11.8 Å². The van der Waals surface area contributed by atoms with Gasteiger partial charge in [-0.3, -0.25) is 9.59 Å². The molecule has 302 valence electrons. The molecule has 3 N–H and O–H groups in total. The van der Waals surface area contributed by atoms with Gasteiger partial charge in [-0.25, -0.2) is 4.79 Å². The van der Waals surface area contributed by atoms with E-state index in [9.17, 15) is 14.4 Å². The van der Waals surface area contributed by atoms with E-state index >= 15 is 0 Å². The van der Waals surface area contributed by atoms with E-state index < -0.39 is 17.6 Å². The minimum Gasteiger partial charge on any atom is -0.481 e. The van der Waals surface area contributed by atoms with E-state index in [1.165, 1.54) is 96.3 Å². The average Bonchev–Trinajstić information content (AvgIpc) is 3.07. The minimum atomic E-state index is -0.692. The molecule has 0 aliphatic rings. The third-order valence-corrected chi connectivity index (χ3v) is 10.1. The van der Waals surface area contributed by atoms with Crippen LogP contribution in [0.25, 0.3) is 0 Å². The second-order valence-corrected chi connectivity index (χ2v) is 16.2. The maximum Gasteiger partial charge on any atom is 0.407 e. The number of alkyl carbamates (subject to hydrolysis) is 1. The number of carboxylic acid groups (broad SMARTS) is 1. The third kappa shape index (κ3) is 31.4. The van der Waals surface area contributed by atoms with Crippen LogP contribution >= 0.6 is 0 Å². The predicted octanol–water partition coefficient (Wildman–Crippen LogP) is 10.8. The van der Waals surface area contributed by atoms with Crippen LogP contribution in [-0.2, 0) is 23.8 Å². The molecule has 2 unspecified atom stereocenters. The van der Waals surface area contributed by atoms with Gasteiger partial charge in [-0.15, -0.1) is 0 Å². The second kappa shape index (κ2) is 31.6. The topological polar surface area (TPSA) is 123 Å². The van der Waals surface area contributed by atoms with Crippen LogP contribution in [0.4, 0.5) is 4.79 Å². The lowest BCUT2D eigenvalue weighted by Crippen LogP contribution is -2.55. The van der Waals surface area contributed by atoms with Crippen LogP contribution in [0.2, 0.25) is 0 Å². The lowest BCUT2D eigenvalue weighted by molar-refractivity contribution is -0.144. The van der Waals surface area contributed by atoms with Gasteiger partial charge in [0, 0.05) is 45.1 Å². The number of carboxylic acids is 1. The summed E-state index contributed by atoms with van der Waals surface area (Å²) in [6.45, 7) is 14.4. The van der Waals surface area contributed by atoms with Gasteiger partial charge in [-0.1, -0.05) is 129 Å². The van der Waals surface area contributed by atoms with Gasteiger partial charge in [0.15, 0.2) is 0 Å². The Morgan fingerprint density at radius 3 is 1.61 bits per heavy atom. The highest BCUT2D eigenvalue weighted by Gasteiger charge is 2.26. The molecule has 9 nitrogen and oxygen atoms in total. The van der Waals surface area contributed by atoms with Crippen LogP contribution in [0.3, 0.4) is 0 Å². The zero-order chi connectivity index (χ0) is 38.2. The van der Waals surface area contributed by atoms with Crippen molar-refractivity contribution in [1.82, 2.24) is 10.6 Å². The molecule has 1 amide bonds.